The number of unbranched alkanes of at least 4 members (excludes halogenated alkanes) is 1. The zero-order valence-corrected chi connectivity index (χ0v) is 12.4. The normalized spacial score (nSPS) is 12.2. The molecule has 1 atom stereocenters. The Morgan fingerprint density at radius 1 is 1.37 bits per heavy atom. The summed E-state index contributed by atoms with van der Waals surface area (Å²) in [6.45, 7) is 7.53. The van der Waals surface area contributed by atoms with Crippen LogP contribution in [0.2, 0.25) is 0 Å². The topological polar surface area (TPSA) is 46.3 Å². The average molecular weight is 262 g/mol. The number of carbonyl (C=O) groups is 1. The molecule has 1 aromatic carbocycles. The molecule has 2 N–H and O–H groups in total. The molecule has 3 heteroatoms. The van der Waals surface area contributed by atoms with Crippen molar-refractivity contribution in [1.82, 2.24) is 4.90 Å². The second kappa shape index (κ2) is 7.95. The molecule has 0 radical (unpaired) electrons. The maximum atomic E-state index is 12.3. The summed E-state index contributed by atoms with van der Waals surface area (Å²) in [6, 6.07) is 7.91. The van der Waals surface area contributed by atoms with Crippen LogP contribution < -0.4 is 5.73 Å². The zero-order valence-electron chi connectivity index (χ0n) is 12.4. The van der Waals surface area contributed by atoms with Crippen LogP contribution in [0.25, 0.3) is 0 Å². The molecule has 0 aliphatic heterocycles. The highest BCUT2D eigenvalue weighted by molar-refractivity contribution is 5.81. The minimum atomic E-state index is -0.357. The SMILES string of the molecule is CCCC[C@H](N)C(=O)N(CC)Cc1cccc(C)c1. The number of nitrogens with two attached hydrogens (primary N) is 1. The Bertz CT molecular complexity index is 403. The molecule has 0 heterocycles. The quantitative estimate of drug-likeness (QED) is 0.821. The molecule has 0 saturated heterocycles. The Balaban J connectivity index is 2.64. The maximum Gasteiger partial charge on any atom is 0.239 e. The number of benzene rings is 1. The van der Waals surface area contributed by atoms with Crippen molar-refractivity contribution in [1.29, 1.82) is 0 Å². The van der Waals surface area contributed by atoms with E-state index in [4.69, 9.17) is 5.73 Å². The van der Waals surface area contributed by atoms with Gasteiger partial charge < -0.3 is 10.6 Å². The molecule has 0 saturated carbocycles. The summed E-state index contributed by atoms with van der Waals surface area (Å²) >= 11 is 0. The highest BCUT2D eigenvalue weighted by atomic mass is 16.2. The van der Waals surface area contributed by atoms with Crippen LogP contribution >= 0.6 is 0 Å². The Kier molecular flexibility index (Phi) is 6.57. The van der Waals surface area contributed by atoms with Crippen LogP contribution in [0.4, 0.5) is 0 Å². The molecule has 0 bridgehead atoms. The smallest absolute Gasteiger partial charge is 0.239 e. The van der Waals surface area contributed by atoms with E-state index in [0.29, 0.717) is 13.1 Å². The lowest BCUT2D eigenvalue weighted by molar-refractivity contribution is -0.133. The van der Waals surface area contributed by atoms with Gasteiger partial charge in [-0.1, -0.05) is 49.6 Å². The fourth-order valence-electron chi connectivity index (χ4n) is 2.16. The Hall–Kier alpha value is -1.35. The van der Waals surface area contributed by atoms with E-state index in [1.165, 1.54) is 5.56 Å². The number of aryl methyl sites for hydroxylation is 1. The van der Waals surface area contributed by atoms with Gasteiger partial charge in [-0.25, -0.2) is 0 Å². The predicted octanol–water partition coefficient (Wildman–Crippen LogP) is 2.86. The first-order valence-electron chi connectivity index (χ1n) is 7.18. The van der Waals surface area contributed by atoms with Crippen LogP contribution in [0.5, 0.6) is 0 Å². The van der Waals surface area contributed by atoms with Crippen molar-refractivity contribution in [3.8, 4) is 0 Å². The van der Waals surface area contributed by atoms with Gasteiger partial charge in [-0.2, -0.15) is 0 Å². The zero-order chi connectivity index (χ0) is 14.3. The van der Waals surface area contributed by atoms with Crippen LogP contribution in [0.3, 0.4) is 0 Å². The van der Waals surface area contributed by atoms with Crippen molar-refractivity contribution in [2.24, 2.45) is 5.73 Å². The van der Waals surface area contributed by atoms with E-state index >= 15 is 0 Å². The van der Waals surface area contributed by atoms with Gasteiger partial charge in [0.15, 0.2) is 0 Å². The number of nitrogens with zero attached hydrogens (tertiary/aromatic N) is 1. The number of rotatable bonds is 7. The van der Waals surface area contributed by atoms with Gasteiger partial charge >= 0.3 is 0 Å². The van der Waals surface area contributed by atoms with E-state index in [2.05, 4.69) is 32.0 Å². The molecular formula is C16H26N2O. The van der Waals surface area contributed by atoms with Gasteiger partial charge in [0, 0.05) is 13.1 Å². The first kappa shape index (κ1) is 15.7. The number of hydrogen-bond donors (Lipinski definition) is 1. The van der Waals surface area contributed by atoms with Crippen LogP contribution in [0.15, 0.2) is 24.3 Å². The summed E-state index contributed by atoms with van der Waals surface area (Å²) in [4.78, 5) is 14.1. The highest BCUT2D eigenvalue weighted by Gasteiger charge is 2.19. The Labute approximate surface area is 116 Å². The lowest BCUT2D eigenvalue weighted by Gasteiger charge is -2.24. The molecule has 1 rings (SSSR count). The van der Waals surface area contributed by atoms with Crippen molar-refractivity contribution >= 4 is 5.91 Å². The third-order valence-electron chi connectivity index (χ3n) is 3.34. The molecule has 0 aliphatic carbocycles. The molecule has 19 heavy (non-hydrogen) atoms. The molecule has 1 amide bonds. The van der Waals surface area contributed by atoms with Crippen LogP contribution in [0, 0.1) is 6.92 Å². The van der Waals surface area contributed by atoms with Gasteiger partial charge in [0.1, 0.15) is 0 Å². The summed E-state index contributed by atoms with van der Waals surface area (Å²) in [5, 5.41) is 0. The molecule has 0 fully saturated rings. The third-order valence-corrected chi connectivity index (χ3v) is 3.34. The van der Waals surface area contributed by atoms with Crippen molar-refractivity contribution in [3.05, 3.63) is 35.4 Å². The van der Waals surface area contributed by atoms with Gasteiger partial charge in [0.25, 0.3) is 0 Å². The lowest BCUT2D eigenvalue weighted by Crippen LogP contribution is -2.43. The fourth-order valence-corrected chi connectivity index (χ4v) is 2.16. The van der Waals surface area contributed by atoms with Crippen molar-refractivity contribution in [2.45, 2.75) is 52.6 Å². The number of amides is 1. The summed E-state index contributed by atoms with van der Waals surface area (Å²) in [6.07, 6.45) is 2.86. The van der Waals surface area contributed by atoms with Gasteiger partial charge in [-0.3, -0.25) is 4.79 Å². The predicted molar refractivity (Wildman–Crippen MR) is 79.8 cm³/mol. The summed E-state index contributed by atoms with van der Waals surface area (Å²) in [5.74, 6) is 0.0671. The summed E-state index contributed by atoms with van der Waals surface area (Å²) in [5.41, 5.74) is 8.36. The van der Waals surface area contributed by atoms with Crippen LogP contribution in [-0.4, -0.2) is 23.4 Å². The van der Waals surface area contributed by atoms with Crippen molar-refractivity contribution < 1.29 is 4.79 Å². The largest absolute Gasteiger partial charge is 0.337 e. The first-order chi connectivity index (χ1) is 9.08. The molecular weight excluding hydrogens is 236 g/mol. The second-order valence-corrected chi connectivity index (χ2v) is 5.09. The van der Waals surface area contributed by atoms with Crippen LogP contribution in [0.1, 0.15) is 44.2 Å². The monoisotopic (exact) mass is 262 g/mol. The number of carbonyl (C=O) groups excluding carboxylic acids is 1. The Morgan fingerprint density at radius 3 is 2.68 bits per heavy atom. The Morgan fingerprint density at radius 2 is 2.11 bits per heavy atom. The van der Waals surface area contributed by atoms with Gasteiger partial charge in [-0.15, -0.1) is 0 Å². The average Bonchev–Trinajstić information content (AvgIpc) is 2.41. The lowest BCUT2D eigenvalue weighted by atomic mass is 10.1. The number of likely N-dealkylation sites (N-methyl/N-ethyl adjacent to an activating group) is 1. The van der Waals surface area contributed by atoms with Crippen LogP contribution in [-0.2, 0) is 11.3 Å². The van der Waals surface area contributed by atoms with E-state index in [1.54, 1.807) is 0 Å². The molecule has 1 aromatic rings. The summed E-state index contributed by atoms with van der Waals surface area (Å²) in [7, 11) is 0. The second-order valence-electron chi connectivity index (χ2n) is 5.09. The van der Waals surface area contributed by atoms with E-state index in [0.717, 1.165) is 24.8 Å². The molecule has 0 aliphatic rings. The van der Waals surface area contributed by atoms with Gasteiger partial charge in [-0.05, 0) is 25.8 Å². The highest BCUT2D eigenvalue weighted by Crippen LogP contribution is 2.10. The van der Waals surface area contributed by atoms with E-state index in [9.17, 15) is 4.79 Å². The molecule has 0 unspecified atom stereocenters. The fraction of sp³-hybridized carbons (Fsp3) is 0.562. The van der Waals surface area contributed by atoms with Gasteiger partial charge in [0.05, 0.1) is 6.04 Å². The first-order valence-corrected chi connectivity index (χ1v) is 7.18. The van der Waals surface area contributed by atoms with E-state index in [-0.39, 0.29) is 11.9 Å². The maximum absolute atomic E-state index is 12.3. The third kappa shape index (κ3) is 5.03. The summed E-state index contributed by atoms with van der Waals surface area (Å²) < 4.78 is 0. The minimum Gasteiger partial charge on any atom is -0.337 e. The molecule has 0 spiro atoms. The van der Waals surface area contributed by atoms with E-state index in [1.807, 2.05) is 17.9 Å². The van der Waals surface area contributed by atoms with Crippen molar-refractivity contribution in [2.75, 3.05) is 6.54 Å². The molecule has 3 nitrogen and oxygen atoms in total. The minimum absolute atomic E-state index is 0.0671. The van der Waals surface area contributed by atoms with E-state index < -0.39 is 0 Å². The number of hydrogen-bond acceptors (Lipinski definition) is 2. The molecule has 106 valence electrons. The van der Waals surface area contributed by atoms with Crippen molar-refractivity contribution in [3.63, 3.8) is 0 Å². The molecule has 0 aromatic heterocycles. The van der Waals surface area contributed by atoms with Gasteiger partial charge in [0.2, 0.25) is 5.91 Å². The standard InChI is InChI=1S/C16H26N2O/c1-4-6-10-15(17)16(19)18(5-2)12-14-9-7-8-13(3)11-14/h7-9,11,15H,4-6,10,12,17H2,1-3H3/t15-/m0/s1.